The maximum Gasteiger partial charge on any atom is 0.269 e. The first-order valence-electron chi connectivity index (χ1n) is 7.49. The third-order valence-electron chi connectivity index (χ3n) is 4.08. The van der Waals surface area contributed by atoms with E-state index in [1.54, 1.807) is 18.2 Å². The van der Waals surface area contributed by atoms with Gasteiger partial charge in [0.05, 0.1) is 16.1 Å². The van der Waals surface area contributed by atoms with Gasteiger partial charge in [-0.15, -0.1) is 0 Å². The molecule has 7 nitrogen and oxygen atoms in total. The standard InChI is InChI=1S/C17H12N2O5/c20-16-14-8-7-13(9-15(14)17(21)18(16)10-1-2-10)24-12-5-3-11(4-6-12)19(22)23/h3-10H,1-2H2. The van der Waals surface area contributed by atoms with Crippen molar-refractivity contribution < 1.29 is 19.2 Å². The van der Waals surface area contributed by atoms with Crippen molar-refractivity contribution in [1.82, 2.24) is 4.90 Å². The molecule has 0 unspecified atom stereocenters. The zero-order valence-electron chi connectivity index (χ0n) is 12.5. The molecule has 7 heteroatoms. The number of hydrogen-bond donors (Lipinski definition) is 0. The number of rotatable bonds is 4. The van der Waals surface area contributed by atoms with E-state index in [0.717, 1.165) is 12.8 Å². The van der Waals surface area contributed by atoms with Gasteiger partial charge in [-0.25, -0.2) is 0 Å². The molecule has 0 radical (unpaired) electrons. The SMILES string of the molecule is O=C1c2ccc(Oc3ccc([N+](=O)[O-])cc3)cc2C(=O)N1C1CC1. The summed E-state index contributed by atoms with van der Waals surface area (Å²) in [7, 11) is 0. The predicted octanol–water partition coefficient (Wildman–Crippen LogP) is 3.15. The maximum absolute atomic E-state index is 12.4. The van der Waals surface area contributed by atoms with E-state index in [-0.39, 0.29) is 23.5 Å². The molecule has 0 atom stereocenters. The van der Waals surface area contributed by atoms with E-state index in [9.17, 15) is 19.7 Å². The molecule has 1 aliphatic heterocycles. The van der Waals surface area contributed by atoms with E-state index in [4.69, 9.17) is 4.74 Å². The van der Waals surface area contributed by atoms with Crippen molar-refractivity contribution in [3.8, 4) is 11.5 Å². The van der Waals surface area contributed by atoms with Gasteiger partial charge in [0.1, 0.15) is 11.5 Å². The van der Waals surface area contributed by atoms with Crippen LogP contribution in [-0.2, 0) is 0 Å². The number of nitrogens with zero attached hydrogens (tertiary/aromatic N) is 2. The highest BCUT2D eigenvalue weighted by molar-refractivity contribution is 6.21. The fourth-order valence-electron chi connectivity index (χ4n) is 2.74. The Bertz CT molecular complexity index is 871. The summed E-state index contributed by atoms with van der Waals surface area (Å²) in [6.07, 6.45) is 1.72. The Morgan fingerprint density at radius 1 is 0.958 bits per heavy atom. The second-order valence-electron chi connectivity index (χ2n) is 5.77. The molecule has 24 heavy (non-hydrogen) atoms. The number of carbonyl (C=O) groups is 2. The fourth-order valence-corrected chi connectivity index (χ4v) is 2.74. The molecule has 1 fully saturated rings. The number of non-ortho nitro benzene ring substituents is 1. The summed E-state index contributed by atoms with van der Waals surface area (Å²) in [5.74, 6) is 0.281. The number of fused-ring (bicyclic) bond motifs is 1. The lowest BCUT2D eigenvalue weighted by molar-refractivity contribution is -0.384. The van der Waals surface area contributed by atoms with E-state index in [1.807, 2.05) is 0 Å². The van der Waals surface area contributed by atoms with Crippen LogP contribution in [-0.4, -0.2) is 27.7 Å². The van der Waals surface area contributed by atoms with Crippen LogP contribution < -0.4 is 4.74 Å². The topological polar surface area (TPSA) is 89.7 Å². The second-order valence-corrected chi connectivity index (χ2v) is 5.77. The zero-order valence-corrected chi connectivity index (χ0v) is 12.5. The Morgan fingerprint density at radius 3 is 2.21 bits per heavy atom. The molecule has 1 heterocycles. The van der Waals surface area contributed by atoms with Crippen LogP contribution in [0.15, 0.2) is 42.5 Å². The Kier molecular flexibility index (Phi) is 3.09. The number of hydrogen-bond acceptors (Lipinski definition) is 5. The minimum absolute atomic E-state index is 0.0245. The maximum atomic E-state index is 12.4. The van der Waals surface area contributed by atoms with Crippen LogP contribution in [0.4, 0.5) is 5.69 Å². The number of ether oxygens (including phenoxy) is 1. The number of benzene rings is 2. The van der Waals surface area contributed by atoms with Crippen molar-refractivity contribution in [1.29, 1.82) is 0 Å². The first-order chi connectivity index (χ1) is 11.5. The molecule has 2 aromatic rings. The lowest BCUT2D eigenvalue weighted by Crippen LogP contribution is -2.31. The van der Waals surface area contributed by atoms with Gasteiger partial charge in [0.15, 0.2) is 0 Å². The van der Waals surface area contributed by atoms with Gasteiger partial charge in [-0.05, 0) is 43.2 Å². The highest BCUT2D eigenvalue weighted by atomic mass is 16.6. The van der Waals surface area contributed by atoms with Crippen LogP contribution in [0.1, 0.15) is 33.6 Å². The van der Waals surface area contributed by atoms with Gasteiger partial charge in [-0.1, -0.05) is 0 Å². The van der Waals surface area contributed by atoms with E-state index in [1.165, 1.54) is 29.2 Å². The fraction of sp³-hybridized carbons (Fsp3) is 0.176. The molecule has 1 saturated carbocycles. The zero-order chi connectivity index (χ0) is 16.8. The molecule has 0 aromatic heterocycles. The van der Waals surface area contributed by atoms with Gasteiger partial charge in [-0.2, -0.15) is 0 Å². The van der Waals surface area contributed by atoms with E-state index in [0.29, 0.717) is 22.6 Å². The Labute approximate surface area is 136 Å². The number of amides is 2. The van der Waals surface area contributed by atoms with E-state index in [2.05, 4.69) is 0 Å². The summed E-state index contributed by atoms with van der Waals surface area (Å²) in [5, 5.41) is 10.6. The normalized spacial score (nSPS) is 16.2. The van der Waals surface area contributed by atoms with Crippen molar-refractivity contribution in [3.63, 3.8) is 0 Å². The minimum Gasteiger partial charge on any atom is -0.457 e. The monoisotopic (exact) mass is 324 g/mol. The van der Waals surface area contributed by atoms with Crippen LogP contribution in [0, 0.1) is 10.1 Å². The second kappa shape index (κ2) is 5.16. The molecule has 120 valence electrons. The van der Waals surface area contributed by atoms with Crippen LogP contribution in [0.3, 0.4) is 0 Å². The molecule has 0 bridgehead atoms. The molecular weight excluding hydrogens is 312 g/mol. The summed E-state index contributed by atoms with van der Waals surface area (Å²) in [5.41, 5.74) is 0.700. The Balaban J connectivity index is 1.59. The molecule has 2 aliphatic rings. The van der Waals surface area contributed by atoms with Gasteiger partial charge in [0.25, 0.3) is 17.5 Å². The van der Waals surface area contributed by atoms with E-state index < -0.39 is 4.92 Å². The highest BCUT2D eigenvalue weighted by Crippen LogP contribution is 2.36. The van der Waals surface area contributed by atoms with Crippen molar-refractivity contribution in [2.45, 2.75) is 18.9 Å². The summed E-state index contributed by atoms with van der Waals surface area (Å²) >= 11 is 0. The first-order valence-corrected chi connectivity index (χ1v) is 7.49. The molecule has 2 amide bonds. The third-order valence-corrected chi connectivity index (χ3v) is 4.08. The molecule has 2 aromatic carbocycles. The number of nitro benzene ring substituents is 1. The Hall–Kier alpha value is -3.22. The molecule has 0 spiro atoms. The van der Waals surface area contributed by atoms with Gasteiger partial charge in [0, 0.05) is 18.2 Å². The van der Waals surface area contributed by atoms with Crippen molar-refractivity contribution in [2.75, 3.05) is 0 Å². The molecule has 0 N–H and O–H groups in total. The summed E-state index contributed by atoms with van der Waals surface area (Å²) in [6, 6.07) is 10.4. The lowest BCUT2D eigenvalue weighted by Gasteiger charge is -2.11. The minimum atomic E-state index is -0.490. The highest BCUT2D eigenvalue weighted by Gasteiger charge is 2.44. The summed E-state index contributed by atoms with van der Waals surface area (Å²) < 4.78 is 5.63. The average molecular weight is 324 g/mol. The van der Waals surface area contributed by atoms with Crippen LogP contribution in [0.25, 0.3) is 0 Å². The number of carbonyl (C=O) groups excluding carboxylic acids is 2. The van der Waals surface area contributed by atoms with Crippen molar-refractivity contribution in [2.24, 2.45) is 0 Å². The van der Waals surface area contributed by atoms with Crippen molar-refractivity contribution in [3.05, 3.63) is 63.7 Å². The summed E-state index contributed by atoms with van der Waals surface area (Å²) in [6.45, 7) is 0. The molecule has 0 saturated heterocycles. The molecule has 4 rings (SSSR count). The Morgan fingerprint density at radius 2 is 1.58 bits per heavy atom. The third kappa shape index (κ3) is 2.30. The van der Waals surface area contributed by atoms with Crippen LogP contribution in [0.2, 0.25) is 0 Å². The van der Waals surface area contributed by atoms with Gasteiger partial charge in [-0.3, -0.25) is 24.6 Å². The number of nitro groups is 1. The first kappa shape index (κ1) is 14.4. The summed E-state index contributed by atoms with van der Waals surface area (Å²) in [4.78, 5) is 36.1. The smallest absolute Gasteiger partial charge is 0.269 e. The van der Waals surface area contributed by atoms with Gasteiger partial charge in [0.2, 0.25) is 0 Å². The predicted molar refractivity (Wildman–Crippen MR) is 83.1 cm³/mol. The molecular formula is C17H12N2O5. The largest absolute Gasteiger partial charge is 0.457 e. The quantitative estimate of drug-likeness (QED) is 0.489. The average Bonchev–Trinajstić information content (AvgIpc) is 3.36. The lowest BCUT2D eigenvalue weighted by atomic mass is 10.1. The van der Waals surface area contributed by atoms with Gasteiger partial charge >= 0.3 is 0 Å². The van der Waals surface area contributed by atoms with Crippen LogP contribution in [0.5, 0.6) is 11.5 Å². The van der Waals surface area contributed by atoms with Crippen molar-refractivity contribution >= 4 is 17.5 Å². The number of imide groups is 1. The van der Waals surface area contributed by atoms with Gasteiger partial charge < -0.3 is 4.74 Å². The van der Waals surface area contributed by atoms with Crippen LogP contribution >= 0.6 is 0 Å². The van der Waals surface area contributed by atoms with E-state index >= 15 is 0 Å². The molecule has 1 aliphatic carbocycles.